The summed E-state index contributed by atoms with van der Waals surface area (Å²) in [6.45, 7) is 24.3. The van der Waals surface area contributed by atoms with Gasteiger partial charge >= 0.3 is 0 Å². The zero-order valence-electron chi connectivity index (χ0n) is 30.1. The van der Waals surface area contributed by atoms with E-state index in [2.05, 4.69) is 57.2 Å². The molecule has 1 aliphatic rings. The number of likely N-dealkylation sites (tertiary alicyclic amines) is 1. The van der Waals surface area contributed by atoms with Crippen molar-refractivity contribution in [3.63, 3.8) is 0 Å². The van der Waals surface area contributed by atoms with Crippen molar-refractivity contribution in [1.82, 2.24) is 15.5 Å². The molecule has 1 aliphatic heterocycles. The maximum atomic E-state index is 11.5. The van der Waals surface area contributed by atoms with E-state index in [9.17, 15) is 19.5 Å². The Bertz CT molecular complexity index is 759. The fraction of sp³-hybridized carbons (Fsp3) is 0.735. The first-order valence-electron chi connectivity index (χ1n) is 15.9. The monoisotopic (exact) mass is 628 g/mol. The number of likely N-dealkylation sites (N-methyl/N-ethyl adjacent to an activating group) is 1. The normalized spacial score (nSPS) is 13.0. The van der Waals surface area contributed by atoms with Crippen LogP contribution in [0, 0.1) is 17.8 Å². The van der Waals surface area contributed by atoms with Crippen LogP contribution in [0.4, 0.5) is 5.69 Å². The molecule has 9 heteroatoms. The number of amides is 1. The van der Waals surface area contributed by atoms with Gasteiger partial charge in [-0.25, -0.2) is 0 Å². The van der Waals surface area contributed by atoms with Crippen LogP contribution in [0.15, 0.2) is 18.2 Å². The number of carbonyl (C=O) groups is 3. The molecule has 1 fully saturated rings. The van der Waals surface area contributed by atoms with Crippen LogP contribution in [-0.2, 0) is 4.79 Å². The quantitative estimate of drug-likeness (QED) is 0.181. The first kappa shape index (κ1) is 48.0. The molecule has 2 atom stereocenters. The van der Waals surface area contributed by atoms with Gasteiger partial charge in [-0.15, -0.1) is 0 Å². The molecular formula is C34H68N4O4S. The standard InChI is InChI=1S/C11H24N2O2.C10H11NO2S.C5H11N.C4H10.2C2H6/c1-8(2)6-13-11(15)9(3)5-10(14)7-12-4;1-11(14-2)10-4-8(6-12)3-9(5-10)7-13;1-6-4-2-3-5-6;1-4(2)3;2*1-2/h8-10,12,14H,5-7H2,1-4H3,(H,13,15);3-7H,1-2H3;2-5H2,1H3;4H,1-3H3;2*1-2H3. The fourth-order valence-corrected chi connectivity index (χ4v) is 3.59. The molecule has 0 spiro atoms. The number of hydrogen-bond donors (Lipinski definition) is 3. The van der Waals surface area contributed by atoms with Crippen molar-refractivity contribution in [2.45, 2.75) is 94.6 Å². The largest absolute Gasteiger partial charge is 0.392 e. The summed E-state index contributed by atoms with van der Waals surface area (Å²) in [6.07, 6.45) is 6.29. The topological polar surface area (TPSA) is 102 Å². The van der Waals surface area contributed by atoms with E-state index < -0.39 is 6.10 Å². The maximum Gasteiger partial charge on any atom is 0.222 e. The Balaban J connectivity index is -0.000000248. The Labute approximate surface area is 270 Å². The van der Waals surface area contributed by atoms with Gasteiger partial charge < -0.3 is 24.9 Å². The van der Waals surface area contributed by atoms with E-state index in [1.165, 1.54) is 37.9 Å². The summed E-state index contributed by atoms with van der Waals surface area (Å²) in [5.74, 6) is 1.19. The van der Waals surface area contributed by atoms with Gasteiger partial charge in [-0.3, -0.25) is 14.4 Å². The second-order valence-corrected chi connectivity index (χ2v) is 11.9. The van der Waals surface area contributed by atoms with Gasteiger partial charge in [-0.2, -0.15) is 0 Å². The minimum Gasteiger partial charge on any atom is -0.392 e. The number of hydrogen-bond acceptors (Lipinski definition) is 8. The third kappa shape index (κ3) is 31.3. The summed E-state index contributed by atoms with van der Waals surface area (Å²) in [5, 5.41) is 15.2. The number of aliphatic hydroxyl groups excluding tert-OH is 1. The molecule has 3 N–H and O–H groups in total. The summed E-state index contributed by atoms with van der Waals surface area (Å²) in [6, 6.07) is 5.06. The predicted molar refractivity (Wildman–Crippen MR) is 191 cm³/mol. The van der Waals surface area contributed by atoms with Gasteiger partial charge in [0, 0.05) is 49.1 Å². The molecule has 8 nitrogen and oxygen atoms in total. The molecular weight excluding hydrogens is 560 g/mol. The summed E-state index contributed by atoms with van der Waals surface area (Å²) >= 11 is 1.52. The van der Waals surface area contributed by atoms with Crippen LogP contribution >= 0.6 is 11.9 Å². The van der Waals surface area contributed by atoms with Crippen molar-refractivity contribution in [3.05, 3.63) is 29.3 Å². The molecule has 1 amide bonds. The molecule has 43 heavy (non-hydrogen) atoms. The van der Waals surface area contributed by atoms with E-state index >= 15 is 0 Å². The van der Waals surface area contributed by atoms with Crippen LogP contribution in [-0.4, -0.2) is 88.2 Å². The average Bonchev–Trinajstić information content (AvgIpc) is 3.48. The lowest BCUT2D eigenvalue weighted by molar-refractivity contribution is -0.125. The summed E-state index contributed by atoms with van der Waals surface area (Å²) < 4.78 is 1.89. The Morgan fingerprint density at radius 3 is 1.70 bits per heavy atom. The molecule has 1 aromatic carbocycles. The molecule has 0 aliphatic carbocycles. The number of benzene rings is 1. The van der Waals surface area contributed by atoms with Crippen molar-refractivity contribution >= 4 is 36.1 Å². The SMILES string of the molecule is CC.CC.CC(C)C.CN1CCCC1.CNCC(O)CC(C)C(=O)NCC(C)C.CSN(C)c1cc(C=O)cc(C=O)c1. The lowest BCUT2D eigenvalue weighted by Crippen LogP contribution is -2.35. The molecule has 0 radical (unpaired) electrons. The molecule has 1 heterocycles. The molecule has 0 bridgehead atoms. The molecule has 1 saturated heterocycles. The highest BCUT2D eigenvalue weighted by atomic mass is 32.2. The van der Waals surface area contributed by atoms with Crippen molar-refractivity contribution in [1.29, 1.82) is 0 Å². The van der Waals surface area contributed by atoms with Gasteiger partial charge in [0.2, 0.25) is 5.91 Å². The highest BCUT2D eigenvalue weighted by molar-refractivity contribution is 7.99. The molecule has 0 saturated carbocycles. The van der Waals surface area contributed by atoms with Gasteiger partial charge in [0.1, 0.15) is 12.6 Å². The first-order chi connectivity index (χ1) is 20.3. The number of aldehydes is 2. The number of carbonyl (C=O) groups excluding carboxylic acids is 3. The van der Waals surface area contributed by atoms with E-state index in [0.717, 1.165) is 24.2 Å². The highest BCUT2D eigenvalue weighted by Gasteiger charge is 2.16. The van der Waals surface area contributed by atoms with E-state index in [-0.39, 0.29) is 11.8 Å². The zero-order chi connectivity index (χ0) is 34.4. The number of nitrogens with zero attached hydrogens (tertiary/aromatic N) is 2. The lowest BCUT2D eigenvalue weighted by atomic mass is 10.0. The zero-order valence-corrected chi connectivity index (χ0v) is 30.9. The minimum absolute atomic E-state index is 0.0267. The van der Waals surface area contributed by atoms with Gasteiger partial charge in [0.25, 0.3) is 0 Å². The van der Waals surface area contributed by atoms with Crippen LogP contribution in [0.5, 0.6) is 0 Å². The maximum absolute atomic E-state index is 11.5. The Hall–Kier alpha value is -1.94. The van der Waals surface area contributed by atoms with Gasteiger partial charge in [0.05, 0.1) is 6.10 Å². The predicted octanol–water partition coefficient (Wildman–Crippen LogP) is 6.82. The van der Waals surface area contributed by atoms with Crippen molar-refractivity contribution in [3.8, 4) is 0 Å². The third-order valence-corrected chi connectivity index (χ3v) is 6.16. The minimum atomic E-state index is -0.449. The first-order valence-corrected chi connectivity index (χ1v) is 17.1. The fourth-order valence-electron chi connectivity index (χ4n) is 3.27. The molecule has 0 aromatic heterocycles. The van der Waals surface area contributed by atoms with E-state index in [4.69, 9.17) is 0 Å². The van der Waals surface area contributed by atoms with Crippen molar-refractivity contribution in [2.24, 2.45) is 17.8 Å². The second-order valence-electron chi connectivity index (χ2n) is 11.0. The third-order valence-electron chi connectivity index (χ3n) is 5.40. The van der Waals surface area contributed by atoms with Crippen LogP contribution in [0.3, 0.4) is 0 Å². The van der Waals surface area contributed by atoms with E-state index in [1.807, 2.05) is 52.2 Å². The highest BCUT2D eigenvalue weighted by Crippen LogP contribution is 2.21. The van der Waals surface area contributed by atoms with Crippen LogP contribution in [0.1, 0.15) is 109 Å². The van der Waals surface area contributed by atoms with Crippen molar-refractivity contribution < 1.29 is 19.5 Å². The summed E-state index contributed by atoms with van der Waals surface area (Å²) in [4.78, 5) is 35.1. The summed E-state index contributed by atoms with van der Waals surface area (Å²) in [5.41, 5.74) is 1.89. The van der Waals surface area contributed by atoms with Gasteiger partial charge in [0.15, 0.2) is 0 Å². The van der Waals surface area contributed by atoms with Crippen molar-refractivity contribution in [2.75, 3.05) is 57.9 Å². The molecule has 2 unspecified atom stereocenters. The number of nitrogens with one attached hydrogen (secondary N) is 2. The Morgan fingerprint density at radius 1 is 0.953 bits per heavy atom. The van der Waals surface area contributed by atoms with E-state index in [1.54, 1.807) is 25.2 Å². The average molecular weight is 629 g/mol. The number of anilines is 1. The summed E-state index contributed by atoms with van der Waals surface area (Å²) in [7, 11) is 5.84. The molecule has 1 aromatic rings. The van der Waals surface area contributed by atoms with Crippen LogP contribution in [0.2, 0.25) is 0 Å². The smallest absolute Gasteiger partial charge is 0.222 e. The molecule has 2 rings (SSSR count). The molecule has 254 valence electrons. The lowest BCUT2D eigenvalue weighted by Gasteiger charge is -2.16. The Kier molecular flexibility index (Phi) is 36.8. The number of rotatable bonds is 11. The van der Waals surface area contributed by atoms with Gasteiger partial charge in [-0.05, 0) is 76.5 Å². The number of aliphatic hydroxyl groups is 1. The second kappa shape index (κ2) is 33.0. The van der Waals surface area contributed by atoms with Gasteiger partial charge in [-0.1, -0.05) is 81.2 Å². The van der Waals surface area contributed by atoms with Crippen LogP contribution < -0.4 is 14.9 Å². The Morgan fingerprint density at radius 2 is 1.40 bits per heavy atom. The van der Waals surface area contributed by atoms with E-state index in [0.29, 0.717) is 36.6 Å². The van der Waals surface area contributed by atoms with Crippen LogP contribution in [0.25, 0.3) is 0 Å².